The zero-order chi connectivity index (χ0) is 13.2. The van der Waals surface area contributed by atoms with Crippen molar-refractivity contribution in [2.24, 2.45) is 7.05 Å². The van der Waals surface area contributed by atoms with Crippen LogP contribution in [0.2, 0.25) is 0 Å². The van der Waals surface area contributed by atoms with Crippen molar-refractivity contribution in [1.82, 2.24) is 4.98 Å². The van der Waals surface area contributed by atoms with Crippen LogP contribution in [0, 0.1) is 0 Å². The van der Waals surface area contributed by atoms with Gasteiger partial charge in [-0.25, -0.2) is 4.57 Å². The minimum Gasteiger partial charge on any atom is -0.293 e. The van der Waals surface area contributed by atoms with E-state index in [4.69, 9.17) is 0 Å². The summed E-state index contributed by atoms with van der Waals surface area (Å²) < 4.78 is 1.95. The third-order valence-corrected chi connectivity index (χ3v) is 3.15. The molecule has 92 valence electrons. The smallest absolute Gasteiger partial charge is 0.174 e. The molecule has 2 rings (SSSR count). The number of aryl methyl sites for hydroxylation is 1. The minimum atomic E-state index is -0.554. The SMILES string of the molecule is C[n+]1cccc(C(C)(C)C(=O)c2cccnc2)c1. The molecule has 0 fully saturated rings. The van der Waals surface area contributed by atoms with Gasteiger partial charge in [0.05, 0.1) is 5.41 Å². The first-order valence-corrected chi connectivity index (χ1v) is 5.92. The van der Waals surface area contributed by atoms with Crippen LogP contribution in [-0.2, 0) is 12.5 Å². The van der Waals surface area contributed by atoms with E-state index in [1.165, 1.54) is 0 Å². The van der Waals surface area contributed by atoms with Crippen LogP contribution in [0.4, 0.5) is 0 Å². The van der Waals surface area contributed by atoms with Crippen LogP contribution in [0.3, 0.4) is 0 Å². The van der Waals surface area contributed by atoms with Crippen LogP contribution in [0.25, 0.3) is 0 Å². The molecule has 0 bridgehead atoms. The molecule has 3 nitrogen and oxygen atoms in total. The highest BCUT2D eigenvalue weighted by atomic mass is 16.1. The predicted molar refractivity (Wildman–Crippen MR) is 69.2 cm³/mol. The number of hydrogen-bond acceptors (Lipinski definition) is 2. The second kappa shape index (κ2) is 4.69. The van der Waals surface area contributed by atoms with Gasteiger partial charge < -0.3 is 0 Å². The molecule has 2 heterocycles. The molecule has 0 amide bonds. The number of Topliss-reactive ketones (excluding diaryl/α,β-unsaturated/α-hetero) is 1. The number of carbonyl (C=O) groups is 1. The number of ketones is 1. The van der Waals surface area contributed by atoms with E-state index in [2.05, 4.69) is 4.98 Å². The average molecular weight is 241 g/mol. The molecule has 0 aliphatic carbocycles. The van der Waals surface area contributed by atoms with E-state index in [-0.39, 0.29) is 5.78 Å². The highest BCUT2D eigenvalue weighted by Gasteiger charge is 2.32. The van der Waals surface area contributed by atoms with Crippen molar-refractivity contribution >= 4 is 5.78 Å². The molecule has 2 aromatic heterocycles. The Morgan fingerprint density at radius 2 is 2.06 bits per heavy atom. The number of pyridine rings is 2. The Morgan fingerprint density at radius 3 is 2.67 bits per heavy atom. The van der Waals surface area contributed by atoms with Crippen molar-refractivity contribution in [3.8, 4) is 0 Å². The molecule has 0 saturated carbocycles. The van der Waals surface area contributed by atoms with Gasteiger partial charge in [0.25, 0.3) is 0 Å². The van der Waals surface area contributed by atoms with E-state index in [0.717, 1.165) is 5.56 Å². The van der Waals surface area contributed by atoms with Gasteiger partial charge in [-0.15, -0.1) is 0 Å². The summed E-state index contributed by atoms with van der Waals surface area (Å²) in [6, 6.07) is 7.52. The molecule has 0 spiro atoms. The van der Waals surface area contributed by atoms with Crippen molar-refractivity contribution in [3.05, 3.63) is 60.2 Å². The summed E-state index contributed by atoms with van der Waals surface area (Å²) >= 11 is 0. The van der Waals surface area contributed by atoms with E-state index >= 15 is 0 Å². The highest BCUT2D eigenvalue weighted by molar-refractivity contribution is 6.03. The van der Waals surface area contributed by atoms with Crippen molar-refractivity contribution in [3.63, 3.8) is 0 Å². The van der Waals surface area contributed by atoms with E-state index in [0.29, 0.717) is 5.56 Å². The van der Waals surface area contributed by atoms with Crippen LogP contribution < -0.4 is 4.57 Å². The van der Waals surface area contributed by atoms with Gasteiger partial charge in [-0.3, -0.25) is 9.78 Å². The van der Waals surface area contributed by atoms with Crippen LogP contribution >= 0.6 is 0 Å². The van der Waals surface area contributed by atoms with Crippen molar-refractivity contribution < 1.29 is 9.36 Å². The number of nitrogens with zero attached hydrogens (tertiary/aromatic N) is 2. The summed E-state index contributed by atoms with van der Waals surface area (Å²) in [7, 11) is 1.95. The van der Waals surface area contributed by atoms with Crippen molar-refractivity contribution in [2.45, 2.75) is 19.3 Å². The van der Waals surface area contributed by atoms with Crippen molar-refractivity contribution in [2.75, 3.05) is 0 Å². The quantitative estimate of drug-likeness (QED) is 0.609. The molecule has 0 aromatic carbocycles. The number of carbonyl (C=O) groups excluding carboxylic acids is 1. The number of rotatable bonds is 3. The van der Waals surface area contributed by atoms with E-state index in [9.17, 15) is 4.79 Å². The summed E-state index contributed by atoms with van der Waals surface area (Å²) in [5.41, 5.74) is 1.09. The summed E-state index contributed by atoms with van der Waals surface area (Å²) in [5.74, 6) is 0.0850. The molecule has 0 aliphatic rings. The first-order valence-electron chi connectivity index (χ1n) is 5.92. The van der Waals surface area contributed by atoms with Crippen LogP contribution in [-0.4, -0.2) is 10.8 Å². The van der Waals surface area contributed by atoms with Gasteiger partial charge in [0.1, 0.15) is 7.05 Å². The van der Waals surface area contributed by atoms with E-state index in [1.54, 1.807) is 24.5 Å². The maximum absolute atomic E-state index is 12.5. The minimum absolute atomic E-state index is 0.0850. The number of aromatic nitrogens is 2. The Hall–Kier alpha value is -2.03. The van der Waals surface area contributed by atoms with Gasteiger partial charge in [0.15, 0.2) is 18.2 Å². The molecule has 3 heteroatoms. The van der Waals surface area contributed by atoms with Crippen LogP contribution in [0.15, 0.2) is 49.1 Å². The zero-order valence-corrected chi connectivity index (χ0v) is 10.9. The zero-order valence-electron chi connectivity index (χ0n) is 10.9. The molecule has 0 radical (unpaired) electrons. The Bertz CT molecular complexity index is 562. The predicted octanol–water partition coefficient (Wildman–Crippen LogP) is 2.07. The lowest BCUT2D eigenvalue weighted by molar-refractivity contribution is -0.672. The van der Waals surface area contributed by atoms with Gasteiger partial charge >= 0.3 is 0 Å². The molecule has 0 aliphatic heterocycles. The fourth-order valence-electron chi connectivity index (χ4n) is 1.95. The van der Waals surface area contributed by atoms with E-state index < -0.39 is 5.41 Å². The molecule has 18 heavy (non-hydrogen) atoms. The Labute approximate surface area is 107 Å². The van der Waals surface area contributed by atoms with Gasteiger partial charge in [0.2, 0.25) is 0 Å². The fraction of sp³-hybridized carbons (Fsp3) is 0.267. The van der Waals surface area contributed by atoms with Gasteiger partial charge in [0, 0.05) is 29.6 Å². The summed E-state index contributed by atoms with van der Waals surface area (Å²) in [6.45, 7) is 3.88. The highest BCUT2D eigenvalue weighted by Crippen LogP contribution is 2.26. The first kappa shape index (κ1) is 12.4. The van der Waals surface area contributed by atoms with Crippen LogP contribution in [0.1, 0.15) is 29.8 Å². The normalized spacial score (nSPS) is 11.3. The van der Waals surface area contributed by atoms with Crippen molar-refractivity contribution in [1.29, 1.82) is 0 Å². The summed E-state index contributed by atoms with van der Waals surface area (Å²) in [6.07, 6.45) is 7.22. The maximum atomic E-state index is 12.5. The van der Waals surface area contributed by atoms with Gasteiger partial charge in [-0.1, -0.05) is 0 Å². The maximum Gasteiger partial charge on any atom is 0.174 e. The molecular formula is C15H17N2O+. The third-order valence-electron chi connectivity index (χ3n) is 3.15. The molecule has 2 aromatic rings. The Kier molecular flexibility index (Phi) is 3.24. The summed E-state index contributed by atoms with van der Waals surface area (Å²) in [5, 5.41) is 0. The lowest BCUT2D eigenvalue weighted by Gasteiger charge is -2.22. The van der Waals surface area contributed by atoms with E-state index in [1.807, 2.05) is 50.0 Å². The molecule has 0 N–H and O–H groups in total. The third kappa shape index (κ3) is 2.30. The topological polar surface area (TPSA) is 33.8 Å². The lowest BCUT2D eigenvalue weighted by atomic mass is 9.79. The Balaban J connectivity index is 2.40. The van der Waals surface area contributed by atoms with Gasteiger partial charge in [-0.2, -0.15) is 0 Å². The molecule has 0 saturated heterocycles. The lowest BCUT2D eigenvalue weighted by Crippen LogP contribution is -2.34. The number of hydrogen-bond donors (Lipinski definition) is 0. The molecular weight excluding hydrogens is 224 g/mol. The van der Waals surface area contributed by atoms with Crippen LogP contribution in [0.5, 0.6) is 0 Å². The fourth-order valence-corrected chi connectivity index (χ4v) is 1.95. The Morgan fingerprint density at radius 1 is 1.28 bits per heavy atom. The largest absolute Gasteiger partial charge is 0.293 e. The monoisotopic (exact) mass is 241 g/mol. The second-order valence-corrected chi connectivity index (χ2v) is 4.95. The molecule has 0 unspecified atom stereocenters. The van der Waals surface area contributed by atoms with Gasteiger partial charge in [-0.05, 0) is 32.0 Å². The average Bonchev–Trinajstić information content (AvgIpc) is 2.39. The molecule has 0 atom stereocenters. The summed E-state index contributed by atoms with van der Waals surface area (Å²) in [4.78, 5) is 16.5. The standard InChI is InChI=1S/C15H17N2O/c1-15(2,13-7-5-9-17(3)11-13)14(18)12-6-4-8-16-10-12/h4-11H,1-3H3/q+1. The first-order chi connectivity index (χ1) is 8.51. The second-order valence-electron chi connectivity index (χ2n) is 4.95.